The van der Waals surface area contributed by atoms with E-state index in [1.54, 1.807) is 0 Å². The molecule has 2 aromatic rings. The van der Waals surface area contributed by atoms with Gasteiger partial charge in [0, 0.05) is 0 Å². The monoisotopic (exact) mass is 185 g/mol. The van der Waals surface area contributed by atoms with Crippen LogP contribution < -0.4 is 11.4 Å². The van der Waals surface area contributed by atoms with E-state index in [1.807, 2.05) is 0 Å². The summed E-state index contributed by atoms with van der Waals surface area (Å²) in [7, 11) is 0. The molecule has 0 atom stereocenters. The van der Waals surface area contributed by atoms with Gasteiger partial charge in [-0.15, -0.1) is 0 Å². The quantitative estimate of drug-likeness (QED) is 0.498. The van der Waals surface area contributed by atoms with E-state index in [9.17, 15) is 4.79 Å². The molecule has 0 spiro atoms. The van der Waals surface area contributed by atoms with E-state index in [1.165, 1.54) is 0 Å². The van der Waals surface area contributed by atoms with Crippen molar-refractivity contribution in [1.82, 2.24) is 19.9 Å². The standard InChI is InChI=1S/C5H4ClN5O/c6-4-8-1-2(7)9-5(12)11-3(1)10-4/h(H4,7,8,9,10,11,12). The maximum absolute atomic E-state index is 10.8. The minimum atomic E-state index is -0.539. The fourth-order valence-electron chi connectivity index (χ4n) is 0.906. The molecule has 0 bridgehead atoms. The lowest BCUT2D eigenvalue weighted by atomic mass is 10.5. The van der Waals surface area contributed by atoms with E-state index >= 15 is 0 Å². The Hall–Kier alpha value is -1.56. The Labute approximate surface area is 70.8 Å². The van der Waals surface area contributed by atoms with Crippen molar-refractivity contribution in [3.63, 3.8) is 0 Å². The second kappa shape index (κ2) is 2.21. The zero-order chi connectivity index (χ0) is 8.72. The lowest BCUT2D eigenvalue weighted by molar-refractivity contribution is 1.11. The van der Waals surface area contributed by atoms with Gasteiger partial charge in [-0.1, -0.05) is 0 Å². The number of rotatable bonds is 0. The molecule has 0 aromatic carbocycles. The first-order chi connectivity index (χ1) is 5.66. The van der Waals surface area contributed by atoms with Crippen molar-refractivity contribution in [3.05, 3.63) is 15.8 Å². The number of aromatic nitrogens is 4. The van der Waals surface area contributed by atoms with Crippen molar-refractivity contribution in [1.29, 1.82) is 0 Å². The molecule has 0 unspecified atom stereocenters. The van der Waals surface area contributed by atoms with Gasteiger partial charge in [0.15, 0.2) is 5.65 Å². The number of hydrogen-bond donors (Lipinski definition) is 3. The Balaban J connectivity index is 2.97. The highest BCUT2D eigenvalue weighted by Gasteiger charge is 2.05. The third kappa shape index (κ3) is 0.928. The number of aromatic amines is 2. The molecule has 0 amide bonds. The Kier molecular flexibility index (Phi) is 1.31. The average Bonchev–Trinajstić information content (AvgIpc) is 2.29. The largest absolute Gasteiger partial charge is 0.383 e. The van der Waals surface area contributed by atoms with Crippen molar-refractivity contribution in [2.24, 2.45) is 0 Å². The average molecular weight is 186 g/mol. The molecule has 12 heavy (non-hydrogen) atoms. The number of fused-ring (bicyclic) bond motifs is 1. The zero-order valence-electron chi connectivity index (χ0n) is 5.76. The summed E-state index contributed by atoms with van der Waals surface area (Å²) in [6, 6.07) is 0. The summed E-state index contributed by atoms with van der Waals surface area (Å²) >= 11 is 5.53. The summed E-state index contributed by atoms with van der Waals surface area (Å²) in [6.07, 6.45) is 0. The second-order valence-electron chi connectivity index (χ2n) is 2.18. The van der Waals surface area contributed by atoms with Crippen LogP contribution >= 0.6 is 11.6 Å². The Morgan fingerprint density at radius 3 is 2.83 bits per heavy atom. The van der Waals surface area contributed by atoms with Crippen molar-refractivity contribution >= 4 is 28.6 Å². The lowest BCUT2D eigenvalue weighted by Crippen LogP contribution is -2.12. The summed E-state index contributed by atoms with van der Waals surface area (Å²) in [4.78, 5) is 23.0. The van der Waals surface area contributed by atoms with Gasteiger partial charge in [-0.3, -0.25) is 4.98 Å². The molecule has 4 N–H and O–H groups in total. The van der Waals surface area contributed by atoms with E-state index in [2.05, 4.69) is 19.9 Å². The number of H-pyrrole nitrogens is 2. The molecule has 0 radical (unpaired) electrons. The summed E-state index contributed by atoms with van der Waals surface area (Å²) in [5.41, 5.74) is 5.57. The smallest absolute Gasteiger partial charge is 0.348 e. The molecule has 2 rings (SSSR count). The fourth-order valence-corrected chi connectivity index (χ4v) is 1.08. The second-order valence-corrected chi connectivity index (χ2v) is 2.54. The number of hydrogen-bond acceptors (Lipinski definition) is 4. The normalized spacial score (nSPS) is 10.8. The molecule has 62 valence electrons. The highest BCUT2D eigenvalue weighted by Crippen LogP contribution is 2.13. The van der Waals surface area contributed by atoms with Crippen LogP contribution in [-0.4, -0.2) is 19.9 Å². The van der Waals surface area contributed by atoms with Crippen molar-refractivity contribution in [2.45, 2.75) is 0 Å². The SMILES string of the molecule is Nc1[nH]c(=O)nc2nc(Cl)[nH]c12. The number of imidazole rings is 1. The molecular weight excluding hydrogens is 182 g/mol. The predicted octanol–water partition coefficient (Wildman–Crippen LogP) is -0.118. The van der Waals surface area contributed by atoms with E-state index in [0.29, 0.717) is 5.52 Å². The van der Waals surface area contributed by atoms with Gasteiger partial charge < -0.3 is 10.7 Å². The van der Waals surface area contributed by atoms with Crippen LogP contribution in [0.5, 0.6) is 0 Å². The van der Waals surface area contributed by atoms with Gasteiger partial charge >= 0.3 is 5.69 Å². The van der Waals surface area contributed by atoms with Gasteiger partial charge in [0.2, 0.25) is 5.28 Å². The van der Waals surface area contributed by atoms with Crippen LogP contribution in [0, 0.1) is 0 Å². The molecule has 0 aliphatic heterocycles. The summed E-state index contributed by atoms with van der Waals surface area (Å²) in [6.45, 7) is 0. The number of halogens is 1. The first kappa shape index (κ1) is 7.11. The molecule has 0 aliphatic carbocycles. The minimum absolute atomic E-state index is 0.156. The molecule has 2 heterocycles. The number of nitrogen functional groups attached to an aromatic ring is 1. The molecule has 0 fully saturated rings. The maximum Gasteiger partial charge on any atom is 0.348 e. The summed E-state index contributed by atoms with van der Waals surface area (Å²) < 4.78 is 0. The van der Waals surface area contributed by atoms with Crippen LogP contribution in [0.3, 0.4) is 0 Å². The van der Waals surface area contributed by atoms with Crippen LogP contribution in [0.2, 0.25) is 5.28 Å². The number of nitrogens with zero attached hydrogens (tertiary/aromatic N) is 2. The van der Waals surface area contributed by atoms with Crippen molar-refractivity contribution < 1.29 is 0 Å². The molecule has 6 nitrogen and oxygen atoms in total. The van der Waals surface area contributed by atoms with Gasteiger partial charge in [-0.2, -0.15) is 9.97 Å². The van der Waals surface area contributed by atoms with Crippen molar-refractivity contribution in [2.75, 3.05) is 5.73 Å². The van der Waals surface area contributed by atoms with E-state index in [4.69, 9.17) is 17.3 Å². The Bertz CT molecular complexity index is 486. The van der Waals surface area contributed by atoms with E-state index in [-0.39, 0.29) is 16.7 Å². The van der Waals surface area contributed by atoms with Gasteiger partial charge in [0.25, 0.3) is 0 Å². The number of nitrogens with two attached hydrogens (primary N) is 1. The molecule has 0 saturated carbocycles. The summed E-state index contributed by atoms with van der Waals surface area (Å²) in [5.74, 6) is 0.185. The first-order valence-corrected chi connectivity index (χ1v) is 3.45. The molecular formula is C5H4ClN5O. The van der Waals surface area contributed by atoms with E-state index in [0.717, 1.165) is 0 Å². The Morgan fingerprint density at radius 2 is 2.08 bits per heavy atom. The topological polar surface area (TPSA) is 100 Å². The number of nitrogens with one attached hydrogen (secondary N) is 2. The molecule has 7 heteroatoms. The third-order valence-corrected chi connectivity index (χ3v) is 1.55. The van der Waals surface area contributed by atoms with Crippen LogP contribution in [-0.2, 0) is 0 Å². The van der Waals surface area contributed by atoms with Gasteiger partial charge in [0.05, 0.1) is 0 Å². The predicted molar refractivity (Wildman–Crippen MR) is 43.9 cm³/mol. The highest BCUT2D eigenvalue weighted by molar-refractivity contribution is 6.29. The van der Waals surface area contributed by atoms with Crippen molar-refractivity contribution in [3.8, 4) is 0 Å². The zero-order valence-corrected chi connectivity index (χ0v) is 6.51. The third-order valence-electron chi connectivity index (χ3n) is 1.37. The summed E-state index contributed by atoms with van der Waals surface area (Å²) in [5, 5.41) is 0.156. The fraction of sp³-hybridized carbons (Fsp3) is 0. The van der Waals surface area contributed by atoms with Crippen LogP contribution in [0.1, 0.15) is 0 Å². The minimum Gasteiger partial charge on any atom is -0.383 e. The molecule has 0 saturated heterocycles. The van der Waals surface area contributed by atoms with E-state index < -0.39 is 5.69 Å². The molecule has 0 aliphatic rings. The molecule has 2 aromatic heterocycles. The van der Waals surface area contributed by atoms with Gasteiger partial charge in [-0.05, 0) is 11.6 Å². The van der Waals surface area contributed by atoms with Crippen LogP contribution in [0.4, 0.5) is 5.82 Å². The first-order valence-electron chi connectivity index (χ1n) is 3.08. The van der Waals surface area contributed by atoms with Gasteiger partial charge in [-0.25, -0.2) is 4.79 Å². The number of anilines is 1. The van der Waals surface area contributed by atoms with Crippen LogP contribution in [0.25, 0.3) is 11.2 Å². The van der Waals surface area contributed by atoms with Crippen LogP contribution in [0.15, 0.2) is 4.79 Å². The highest BCUT2D eigenvalue weighted by atomic mass is 35.5. The Morgan fingerprint density at radius 1 is 1.33 bits per heavy atom. The lowest BCUT2D eigenvalue weighted by Gasteiger charge is -1.90. The van der Waals surface area contributed by atoms with Gasteiger partial charge in [0.1, 0.15) is 11.3 Å². The maximum atomic E-state index is 10.8.